The van der Waals surface area contributed by atoms with Gasteiger partial charge in [0.1, 0.15) is 24.1 Å². The number of hydrogen-bond acceptors (Lipinski definition) is 10. The number of aliphatic hydroxyl groups excluding tert-OH is 2. The summed E-state index contributed by atoms with van der Waals surface area (Å²) in [4.78, 5) is 23.6. The van der Waals surface area contributed by atoms with Crippen LogP contribution in [0.15, 0.2) is 103 Å². The number of aliphatic hydroxyl groups is 2. The molecule has 7 rings (SSSR count). The van der Waals surface area contributed by atoms with E-state index in [1.807, 2.05) is 35.2 Å². The van der Waals surface area contributed by atoms with E-state index in [4.69, 9.17) is 33.7 Å². The van der Waals surface area contributed by atoms with E-state index in [1.54, 1.807) is 12.2 Å². The van der Waals surface area contributed by atoms with Gasteiger partial charge in [0.15, 0.2) is 0 Å². The second kappa shape index (κ2) is 27.8. The Hall–Kier alpha value is -4.68. The Morgan fingerprint density at radius 1 is 0.857 bits per heavy atom. The van der Waals surface area contributed by atoms with Gasteiger partial charge in [-0.15, -0.1) is 6.58 Å². The molecule has 0 radical (unpaired) electrons. The first kappa shape index (κ1) is 53.1. The Morgan fingerprint density at radius 3 is 2.34 bits per heavy atom. The maximum absolute atomic E-state index is 15.3. The molecule has 4 aliphatic rings. The monoisotopic (exact) mass is 963 g/mol. The largest absolute Gasteiger partial charge is 0.490 e. The molecule has 1 amide bonds. The van der Waals surface area contributed by atoms with Gasteiger partial charge in [-0.1, -0.05) is 150 Å². The second-order valence-corrected chi connectivity index (χ2v) is 19.8. The van der Waals surface area contributed by atoms with Crippen LogP contribution in [-0.2, 0) is 25.6 Å². The fourth-order valence-electron chi connectivity index (χ4n) is 11.6. The summed E-state index contributed by atoms with van der Waals surface area (Å²) in [5.74, 6) is -0.571. The van der Waals surface area contributed by atoms with Crippen molar-refractivity contribution >= 4 is 22.6 Å². The van der Waals surface area contributed by atoms with Crippen LogP contribution in [0.2, 0.25) is 0 Å². The number of ether oxygens (including phenoxy) is 5. The molecular weight excluding hydrogens is 881 g/mol. The number of amides is 1. The molecule has 0 aromatic heterocycles. The molecule has 3 aromatic carbocycles. The highest BCUT2D eigenvalue weighted by molar-refractivity contribution is 6.03. The van der Waals surface area contributed by atoms with Crippen molar-refractivity contribution in [3.05, 3.63) is 109 Å². The van der Waals surface area contributed by atoms with Gasteiger partial charge in [0.2, 0.25) is 12.1 Å². The van der Waals surface area contributed by atoms with Crippen LogP contribution in [0.25, 0.3) is 10.8 Å². The summed E-state index contributed by atoms with van der Waals surface area (Å²) in [6.07, 6.45) is 24.4. The molecule has 3 aromatic rings. The molecule has 2 N–H and O–H groups in total. The zero-order valence-electron chi connectivity index (χ0n) is 42.1. The molecule has 382 valence electrons. The number of carbonyl (C=O) groups excluding carboxylic acids is 1. The molecule has 7 atom stereocenters. The van der Waals surface area contributed by atoms with Crippen LogP contribution in [-0.4, -0.2) is 84.7 Å². The van der Waals surface area contributed by atoms with E-state index in [0.29, 0.717) is 44.2 Å². The van der Waals surface area contributed by atoms with Crippen molar-refractivity contribution in [1.82, 2.24) is 4.90 Å². The lowest BCUT2D eigenvalue weighted by Gasteiger charge is -2.60. The standard InChI is InChI=1S/C59H82N2O9/c1-4-7-8-9-10-11-12-13-14-22-39-67-58(64)61(43-46-28-24-27-44-25-15-16-29-48(44)46)54-42-52(60-70-55-31-19-23-38-66-55)50-40-45(26-17-20-34-62)49(30-18-21-35-63)56-51-41-47(65-36-5-2)32-33-53(51)69-59(54,57(50)56)68-37-6-3/h5-6,15-16,24-25,27-29,32-33,40-41,45,49,54-57,62-63H,2-4,7-14,17-23,26,30-31,34-39,42-43H2,1H3. The van der Waals surface area contributed by atoms with Crippen molar-refractivity contribution < 1.29 is 43.5 Å². The van der Waals surface area contributed by atoms with Gasteiger partial charge in [0, 0.05) is 37.5 Å². The van der Waals surface area contributed by atoms with E-state index < -0.39 is 30.1 Å². The Balaban J connectivity index is 1.35. The molecule has 11 nitrogen and oxygen atoms in total. The van der Waals surface area contributed by atoms with Crippen LogP contribution in [0.1, 0.15) is 152 Å². The van der Waals surface area contributed by atoms with Gasteiger partial charge in [-0.3, -0.25) is 4.90 Å². The van der Waals surface area contributed by atoms with Crippen LogP contribution in [0, 0.1) is 17.8 Å². The molecule has 7 unspecified atom stereocenters. The topological polar surface area (TPSA) is 129 Å². The minimum Gasteiger partial charge on any atom is -0.490 e. The quantitative estimate of drug-likeness (QED) is 0.0381. The molecule has 0 bridgehead atoms. The van der Waals surface area contributed by atoms with Crippen LogP contribution in [0.5, 0.6) is 11.5 Å². The number of oxime groups is 1. The van der Waals surface area contributed by atoms with Gasteiger partial charge < -0.3 is 38.7 Å². The summed E-state index contributed by atoms with van der Waals surface area (Å²) in [6.45, 7) is 12.1. The number of carbonyl (C=O) groups is 1. The van der Waals surface area contributed by atoms with Crippen molar-refractivity contribution in [3.63, 3.8) is 0 Å². The minimum atomic E-state index is -1.44. The highest BCUT2D eigenvalue weighted by Crippen LogP contribution is 2.62. The van der Waals surface area contributed by atoms with Gasteiger partial charge in [-0.2, -0.15) is 0 Å². The minimum absolute atomic E-state index is 0.0698. The fraction of sp³-hybridized carbons (Fsp3) is 0.593. The normalized spacial score (nSPS) is 24.2. The lowest BCUT2D eigenvalue weighted by molar-refractivity contribution is -0.256. The zero-order valence-corrected chi connectivity index (χ0v) is 42.1. The Morgan fingerprint density at radius 2 is 1.60 bits per heavy atom. The molecule has 11 heteroatoms. The zero-order chi connectivity index (χ0) is 49.0. The number of benzene rings is 3. The third kappa shape index (κ3) is 13.4. The molecule has 1 saturated carbocycles. The lowest BCUT2D eigenvalue weighted by atomic mass is 9.55. The number of hydrogen-bond donors (Lipinski definition) is 2. The predicted octanol–water partition coefficient (Wildman–Crippen LogP) is 13.1. The van der Waals surface area contributed by atoms with E-state index in [0.717, 1.165) is 97.4 Å². The Kier molecular flexibility index (Phi) is 21.1. The van der Waals surface area contributed by atoms with Crippen LogP contribution >= 0.6 is 0 Å². The van der Waals surface area contributed by atoms with Gasteiger partial charge in [0.05, 0.1) is 38.0 Å². The number of fused-ring (bicyclic) bond motifs is 3. The van der Waals surface area contributed by atoms with Gasteiger partial charge in [-0.25, -0.2) is 4.79 Å². The predicted molar refractivity (Wildman–Crippen MR) is 278 cm³/mol. The van der Waals surface area contributed by atoms with Crippen LogP contribution in [0.4, 0.5) is 4.79 Å². The molecular formula is C59H82N2O9. The maximum Gasteiger partial charge on any atom is 0.410 e. The van der Waals surface area contributed by atoms with Crippen molar-refractivity contribution in [2.24, 2.45) is 22.9 Å². The van der Waals surface area contributed by atoms with E-state index in [1.165, 1.54) is 44.9 Å². The summed E-state index contributed by atoms with van der Waals surface area (Å²) in [7, 11) is 0. The summed E-state index contributed by atoms with van der Waals surface area (Å²) < 4.78 is 33.5. The van der Waals surface area contributed by atoms with E-state index >= 15 is 4.79 Å². The summed E-state index contributed by atoms with van der Waals surface area (Å²) in [6, 6.07) is 19.8. The molecule has 2 aliphatic carbocycles. The Bertz CT molecular complexity index is 2160. The first-order chi connectivity index (χ1) is 34.5. The average Bonchev–Trinajstić information content (AvgIpc) is 3.39. The third-order valence-corrected chi connectivity index (χ3v) is 15.0. The van der Waals surface area contributed by atoms with Crippen molar-refractivity contribution in [1.29, 1.82) is 0 Å². The Labute approximate surface area is 418 Å². The second-order valence-electron chi connectivity index (χ2n) is 19.8. The van der Waals surface area contributed by atoms with Crippen LogP contribution < -0.4 is 9.47 Å². The fourth-order valence-corrected chi connectivity index (χ4v) is 11.6. The molecule has 2 aliphatic heterocycles. The van der Waals surface area contributed by atoms with Gasteiger partial charge >= 0.3 is 6.09 Å². The highest BCUT2D eigenvalue weighted by atomic mass is 16.8. The van der Waals surface area contributed by atoms with Crippen molar-refractivity contribution in [2.45, 2.75) is 166 Å². The number of allylic oxidation sites excluding steroid dienone is 1. The van der Waals surface area contributed by atoms with E-state index in [9.17, 15) is 10.2 Å². The highest BCUT2D eigenvalue weighted by Gasteiger charge is 2.66. The average molecular weight is 963 g/mol. The SMILES string of the molecule is C=CCOc1ccc2c(c1)C1C(CCCCO)C(CCCCO)C=C3C(=NOC4CCCCO4)CC(N(Cc4cccc5ccccc45)C(=O)OCCCCCCCCCCCC)C(OCC=C)(O2)C31. The molecule has 2 heterocycles. The van der Waals surface area contributed by atoms with Crippen molar-refractivity contribution in [3.8, 4) is 11.5 Å². The van der Waals surface area contributed by atoms with Crippen molar-refractivity contribution in [2.75, 3.05) is 39.6 Å². The molecule has 1 saturated heterocycles. The number of nitrogens with zero attached hydrogens (tertiary/aromatic N) is 2. The maximum atomic E-state index is 15.3. The van der Waals surface area contributed by atoms with Crippen LogP contribution in [0.3, 0.4) is 0 Å². The first-order valence-corrected chi connectivity index (χ1v) is 27.0. The van der Waals surface area contributed by atoms with E-state index in [-0.39, 0.29) is 50.5 Å². The first-order valence-electron chi connectivity index (χ1n) is 27.0. The lowest BCUT2D eigenvalue weighted by Crippen LogP contribution is -2.70. The summed E-state index contributed by atoms with van der Waals surface area (Å²) in [5, 5.41) is 27.3. The molecule has 0 spiro atoms. The molecule has 70 heavy (non-hydrogen) atoms. The van der Waals surface area contributed by atoms with Gasteiger partial charge in [-0.05, 0) is 96.9 Å². The van der Waals surface area contributed by atoms with Gasteiger partial charge in [0.25, 0.3) is 0 Å². The molecule has 2 fully saturated rings. The number of rotatable bonds is 30. The third-order valence-electron chi connectivity index (χ3n) is 15.0. The number of unbranched alkanes of at least 4 members (excludes halogenated alkanes) is 11. The summed E-state index contributed by atoms with van der Waals surface area (Å²) >= 11 is 0. The van der Waals surface area contributed by atoms with E-state index in [2.05, 4.69) is 56.5 Å². The summed E-state index contributed by atoms with van der Waals surface area (Å²) in [5.41, 5.74) is 3.67. The smallest absolute Gasteiger partial charge is 0.410 e.